The third-order valence-electron chi connectivity index (χ3n) is 3.40. The van der Waals surface area contributed by atoms with E-state index in [0.29, 0.717) is 34.5 Å². The van der Waals surface area contributed by atoms with Gasteiger partial charge in [-0.05, 0) is 24.5 Å². The van der Waals surface area contributed by atoms with Crippen LogP contribution < -0.4 is 0 Å². The summed E-state index contributed by atoms with van der Waals surface area (Å²) in [5, 5.41) is -1.72. The third kappa shape index (κ3) is 4.99. The van der Waals surface area contributed by atoms with Gasteiger partial charge >= 0.3 is 6.18 Å². The lowest BCUT2D eigenvalue weighted by molar-refractivity contribution is -0.173. The predicted molar refractivity (Wildman–Crippen MR) is 89.5 cm³/mol. The molecule has 0 amide bonds. The zero-order valence-corrected chi connectivity index (χ0v) is 15.6. The molecule has 3 nitrogen and oxygen atoms in total. The maximum atomic E-state index is 13.6. The van der Waals surface area contributed by atoms with E-state index in [0.717, 1.165) is 0 Å². The summed E-state index contributed by atoms with van der Waals surface area (Å²) in [6.07, 6.45) is -4.91. The van der Waals surface area contributed by atoms with Gasteiger partial charge in [0.25, 0.3) is 6.43 Å². The Hall–Kier alpha value is -1.03. The molecule has 1 atom stereocenters. The normalized spacial score (nSPS) is 18.9. The highest BCUT2D eigenvalue weighted by Gasteiger charge is 2.52. The van der Waals surface area contributed by atoms with E-state index >= 15 is 0 Å². The number of hydrogen-bond donors (Lipinski definition) is 0. The van der Waals surface area contributed by atoms with Gasteiger partial charge in [-0.3, -0.25) is 9.59 Å². The molecule has 1 rings (SSSR count). The van der Waals surface area contributed by atoms with Crippen molar-refractivity contribution in [3.63, 3.8) is 0 Å². The minimum atomic E-state index is -4.94. The van der Waals surface area contributed by atoms with Crippen LogP contribution >= 0.6 is 23.5 Å². The van der Waals surface area contributed by atoms with Crippen LogP contribution in [-0.2, 0) is 9.59 Å². The topological polar surface area (TPSA) is 37.4 Å². The van der Waals surface area contributed by atoms with Crippen molar-refractivity contribution in [2.75, 3.05) is 19.1 Å². The fourth-order valence-corrected chi connectivity index (χ4v) is 3.31. The maximum Gasteiger partial charge on any atom is 0.413 e. The van der Waals surface area contributed by atoms with Crippen molar-refractivity contribution in [3.05, 3.63) is 22.9 Å². The highest BCUT2D eigenvalue weighted by molar-refractivity contribution is 8.13. The first kappa shape index (κ1) is 22.0. The Balaban J connectivity index is 3.74. The van der Waals surface area contributed by atoms with Crippen LogP contribution in [0.5, 0.6) is 0 Å². The van der Waals surface area contributed by atoms with Crippen molar-refractivity contribution in [1.82, 2.24) is 4.90 Å². The molecule has 0 saturated heterocycles. The molecule has 0 aliphatic carbocycles. The Morgan fingerprint density at radius 3 is 2.04 bits per heavy atom. The summed E-state index contributed by atoms with van der Waals surface area (Å²) in [6, 6.07) is -2.50. The summed E-state index contributed by atoms with van der Waals surface area (Å²) in [7, 11) is 0. The number of hydrogen-bond acceptors (Lipinski definition) is 5. The number of thioether (sulfide) groups is 2. The monoisotopic (exact) mass is 403 g/mol. The largest absolute Gasteiger partial charge is 0.413 e. The van der Waals surface area contributed by atoms with Gasteiger partial charge in [-0.25, -0.2) is 8.78 Å². The Morgan fingerprint density at radius 1 is 1.16 bits per heavy atom. The van der Waals surface area contributed by atoms with Crippen LogP contribution in [0.3, 0.4) is 0 Å². The van der Waals surface area contributed by atoms with E-state index in [4.69, 9.17) is 0 Å². The standard InChI is InChI=1S/C15H18F5NO2S2/c1-7(2)6-21-10(12(16)17)8(13(22)24-3)5-9(14(23)25-4)11(21)15(18,19)20/h5,7,11-12H,6H2,1-4H3. The van der Waals surface area contributed by atoms with E-state index < -0.39 is 51.6 Å². The molecule has 0 N–H and O–H groups in total. The van der Waals surface area contributed by atoms with E-state index in [-0.39, 0.29) is 6.54 Å². The van der Waals surface area contributed by atoms with Crippen LogP contribution in [0.15, 0.2) is 22.9 Å². The van der Waals surface area contributed by atoms with Crippen molar-refractivity contribution in [1.29, 1.82) is 0 Å². The van der Waals surface area contributed by atoms with Crippen LogP contribution in [0.4, 0.5) is 22.0 Å². The Bertz CT molecular complexity index is 599. The van der Waals surface area contributed by atoms with Gasteiger partial charge in [-0.2, -0.15) is 13.2 Å². The lowest BCUT2D eigenvalue weighted by atomic mass is 9.94. The van der Waals surface area contributed by atoms with Crippen molar-refractivity contribution >= 4 is 33.8 Å². The molecule has 0 spiro atoms. The second-order valence-corrected chi connectivity index (χ2v) is 7.23. The predicted octanol–water partition coefficient (Wildman–Crippen LogP) is 4.11. The smallest absolute Gasteiger partial charge is 0.354 e. The second-order valence-electron chi connectivity index (χ2n) is 5.67. The molecule has 0 saturated carbocycles. The van der Waals surface area contributed by atoms with Crippen molar-refractivity contribution < 1.29 is 31.5 Å². The van der Waals surface area contributed by atoms with Crippen molar-refractivity contribution in [3.8, 4) is 0 Å². The molecule has 0 aromatic rings. The van der Waals surface area contributed by atoms with Crippen LogP contribution in [0.1, 0.15) is 13.8 Å². The first-order valence-electron chi connectivity index (χ1n) is 7.19. The molecule has 10 heteroatoms. The molecule has 0 radical (unpaired) electrons. The molecule has 1 aliphatic rings. The van der Waals surface area contributed by atoms with Crippen LogP contribution in [0.2, 0.25) is 0 Å². The average Bonchev–Trinajstić information content (AvgIpc) is 2.49. The van der Waals surface area contributed by atoms with Crippen molar-refractivity contribution in [2.45, 2.75) is 32.5 Å². The first-order chi connectivity index (χ1) is 11.4. The molecule has 142 valence electrons. The summed E-state index contributed by atoms with van der Waals surface area (Å²) in [6.45, 7) is 2.77. The van der Waals surface area contributed by atoms with Gasteiger partial charge in [0.2, 0.25) is 10.2 Å². The lowest BCUT2D eigenvalue weighted by Crippen LogP contribution is -2.52. The average molecular weight is 403 g/mol. The summed E-state index contributed by atoms with van der Waals surface area (Å²) in [5.74, 6) is -0.395. The second kappa shape index (κ2) is 8.57. The summed E-state index contributed by atoms with van der Waals surface area (Å²) in [5.41, 5.74) is -2.24. The van der Waals surface area contributed by atoms with Gasteiger partial charge in [0.1, 0.15) is 0 Å². The summed E-state index contributed by atoms with van der Waals surface area (Å²) in [4.78, 5) is 24.5. The molecule has 25 heavy (non-hydrogen) atoms. The molecule has 0 fully saturated rings. The fraction of sp³-hybridized carbons (Fsp3) is 0.600. The molecular formula is C15H18F5NO2S2. The van der Waals surface area contributed by atoms with Crippen LogP contribution in [0, 0.1) is 5.92 Å². The Morgan fingerprint density at radius 2 is 1.68 bits per heavy atom. The zero-order valence-electron chi connectivity index (χ0n) is 14.0. The van der Waals surface area contributed by atoms with E-state index in [9.17, 15) is 31.5 Å². The third-order valence-corrected chi connectivity index (χ3v) is 4.59. The SMILES string of the molecule is CSC(=O)C1=CC(C(=O)SC)=C(C(F)F)N(CC(C)C)C1C(F)(F)F. The number of carbonyl (C=O) groups excluding carboxylic acids is 2. The van der Waals surface area contributed by atoms with E-state index in [1.807, 2.05) is 0 Å². The number of halogens is 5. The maximum absolute atomic E-state index is 13.6. The number of alkyl halides is 5. The van der Waals surface area contributed by atoms with Gasteiger partial charge in [0.15, 0.2) is 6.04 Å². The fourth-order valence-electron chi connectivity index (χ4n) is 2.53. The highest BCUT2D eigenvalue weighted by atomic mass is 32.2. The van der Waals surface area contributed by atoms with E-state index in [1.54, 1.807) is 13.8 Å². The molecule has 1 aliphatic heterocycles. The molecule has 0 bridgehead atoms. The number of carbonyl (C=O) groups is 2. The minimum Gasteiger partial charge on any atom is -0.354 e. The van der Waals surface area contributed by atoms with Gasteiger partial charge < -0.3 is 4.90 Å². The Labute approximate surface area is 151 Å². The van der Waals surface area contributed by atoms with Gasteiger partial charge in [-0.1, -0.05) is 37.4 Å². The van der Waals surface area contributed by atoms with E-state index in [1.165, 1.54) is 12.5 Å². The summed E-state index contributed by atoms with van der Waals surface area (Å²) < 4.78 is 68.1. The van der Waals surface area contributed by atoms with Gasteiger partial charge in [0.05, 0.1) is 11.3 Å². The number of rotatable bonds is 5. The lowest BCUT2D eigenvalue weighted by Gasteiger charge is -2.41. The highest BCUT2D eigenvalue weighted by Crippen LogP contribution is 2.41. The van der Waals surface area contributed by atoms with Crippen LogP contribution in [-0.4, -0.2) is 52.8 Å². The zero-order chi connectivity index (χ0) is 19.5. The van der Waals surface area contributed by atoms with Crippen LogP contribution in [0.25, 0.3) is 0 Å². The molecule has 0 aromatic carbocycles. The molecule has 1 unspecified atom stereocenters. The first-order valence-corrected chi connectivity index (χ1v) is 9.64. The van der Waals surface area contributed by atoms with Crippen molar-refractivity contribution in [2.24, 2.45) is 5.92 Å². The quantitative estimate of drug-likeness (QED) is 0.646. The van der Waals surface area contributed by atoms with Gasteiger partial charge in [0, 0.05) is 12.1 Å². The summed E-state index contributed by atoms with van der Waals surface area (Å²) >= 11 is 1.14. The van der Waals surface area contributed by atoms with Gasteiger partial charge in [-0.15, -0.1) is 0 Å². The molecule has 0 aromatic heterocycles. The van der Waals surface area contributed by atoms with E-state index in [2.05, 4.69) is 0 Å². The number of nitrogens with zero attached hydrogens (tertiary/aromatic N) is 1. The minimum absolute atomic E-state index is 0.367. The number of allylic oxidation sites excluding steroid dienone is 2. The molecule has 1 heterocycles. The Kier molecular flexibility index (Phi) is 7.54. The molecular weight excluding hydrogens is 385 g/mol.